The molecule has 1 aromatic heterocycles. The lowest BCUT2D eigenvalue weighted by Crippen LogP contribution is -2.30. The van der Waals surface area contributed by atoms with Crippen molar-refractivity contribution >= 4 is 21.1 Å². The minimum atomic E-state index is -3.74. The Morgan fingerprint density at radius 2 is 1.78 bits per heavy atom. The summed E-state index contributed by atoms with van der Waals surface area (Å²) in [5, 5.41) is 0. The largest absolute Gasteiger partial charge is 0.326 e. The van der Waals surface area contributed by atoms with E-state index in [0.717, 1.165) is 12.1 Å². The Morgan fingerprint density at radius 3 is 2.52 bits per heavy atom. The molecule has 0 atom stereocenters. The summed E-state index contributed by atoms with van der Waals surface area (Å²) < 4.78 is 40.9. The standard InChI is InChI=1S/C15H14FN3O3S/c16-11-5-7-12(8-6-11)23(21,22)17-9-10-19-14-4-2-1-3-13(14)18-15(19)20/h1-8,17H,9-10H2,(H,18,20). The van der Waals surface area contributed by atoms with E-state index in [-0.39, 0.29) is 23.7 Å². The van der Waals surface area contributed by atoms with Crippen molar-refractivity contribution in [2.45, 2.75) is 11.4 Å². The van der Waals surface area contributed by atoms with Crippen LogP contribution in [0.4, 0.5) is 4.39 Å². The summed E-state index contributed by atoms with van der Waals surface area (Å²) in [5.74, 6) is -0.505. The highest BCUT2D eigenvalue weighted by molar-refractivity contribution is 7.89. The number of sulfonamides is 1. The zero-order valence-corrected chi connectivity index (χ0v) is 12.8. The molecule has 6 nitrogen and oxygen atoms in total. The van der Waals surface area contributed by atoms with Crippen molar-refractivity contribution in [3.05, 3.63) is 64.8 Å². The summed E-state index contributed by atoms with van der Waals surface area (Å²) in [5.41, 5.74) is 1.10. The van der Waals surface area contributed by atoms with Crippen molar-refractivity contribution in [3.8, 4) is 0 Å². The third-order valence-corrected chi connectivity index (χ3v) is 4.91. The summed E-state index contributed by atoms with van der Waals surface area (Å²) in [6, 6.07) is 11.7. The van der Waals surface area contributed by atoms with Gasteiger partial charge in [-0.15, -0.1) is 0 Å². The van der Waals surface area contributed by atoms with Gasteiger partial charge in [-0.2, -0.15) is 0 Å². The van der Waals surface area contributed by atoms with Crippen LogP contribution >= 0.6 is 0 Å². The Morgan fingerprint density at radius 1 is 1.09 bits per heavy atom. The van der Waals surface area contributed by atoms with Gasteiger partial charge in [0.05, 0.1) is 15.9 Å². The predicted octanol–water partition coefficient (Wildman–Crippen LogP) is 1.45. The van der Waals surface area contributed by atoms with E-state index in [9.17, 15) is 17.6 Å². The van der Waals surface area contributed by atoms with Crippen LogP contribution in [0.25, 0.3) is 11.0 Å². The molecule has 0 unspecified atom stereocenters. The van der Waals surface area contributed by atoms with Crippen molar-refractivity contribution in [1.82, 2.24) is 14.3 Å². The molecule has 120 valence electrons. The fourth-order valence-corrected chi connectivity index (χ4v) is 3.34. The van der Waals surface area contributed by atoms with E-state index in [4.69, 9.17) is 0 Å². The Labute approximate surface area is 131 Å². The molecular weight excluding hydrogens is 321 g/mol. The van der Waals surface area contributed by atoms with Crippen LogP contribution in [0.1, 0.15) is 0 Å². The van der Waals surface area contributed by atoms with Gasteiger partial charge in [0.1, 0.15) is 5.82 Å². The van der Waals surface area contributed by atoms with E-state index in [1.54, 1.807) is 24.3 Å². The highest BCUT2D eigenvalue weighted by Gasteiger charge is 2.14. The normalized spacial score (nSPS) is 11.9. The van der Waals surface area contributed by atoms with Gasteiger partial charge in [0.15, 0.2) is 0 Å². The number of halogens is 1. The van der Waals surface area contributed by atoms with Gasteiger partial charge in [-0.3, -0.25) is 4.57 Å². The van der Waals surface area contributed by atoms with Crippen molar-refractivity contribution in [2.24, 2.45) is 0 Å². The third-order valence-electron chi connectivity index (χ3n) is 3.43. The Balaban J connectivity index is 1.75. The summed E-state index contributed by atoms with van der Waals surface area (Å²) in [6.07, 6.45) is 0. The topological polar surface area (TPSA) is 84.0 Å². The molecule has 0 fully saturated rings. The fourth-order valence-electron chi connectivity index (χ4n) is 2.32. The van der Waals surface area contributed by atoms with E-state index in [1.807, 2.05) is 0 Å². The first kappa shape index (κ1) is 15.4. The van der Waals surface area contributed by atoms with Crippen LogP contribution in [0.2, 0.25) is 0 Å². The monoisotopic (exact) mass is 335 g/mol. The number of nitrogens with zero attached hydrogens (tertiary/aromatic N) is 1. The van der Waals surface area contributed by atoms with E-state index >= 15 is 0 Å². The number of aromatic nitrogens is 2. The van der Waals surface area contributed by atoms with Crippen molar-refractivity contribution in [2.75, 3.05) is 6.54 Å². The molecule has 3 aromatic rings. The molecule has 0 bridgehead atoms. The highest BCUT2D eigenvalue weighted by atomic mass is 32.2. The lowest BCUT2D eigenvalue weighted by Gasteiger charge is -2.07. The molecule has 0 spiro atoms. The molecule has 0 aliphatic rings. The van der Waals surface area contributed by atoms with Gasteiger partial charge in [0, 0.05) is 13.1 Å². The zero-order valence-electron chi connectivity index (χ0n) is 12.0. The number of hydrogen-bond donors (Lipinski definition) is 2. The van der Waals surface area contributed by atoms with Gasteiger partial charge in [-0.1, -0.05) is 12.1 Å². The minimum absolute atomic E-state index is 0.0230. The molecule has 0 aliphatic heterocycles. The van der Waals surface area contributed by atoms with E-state index in [2.05, 4.69) is 9.71 Å². The van der Waals surface area contributed by atoms with Gasteiger partial charge in [-0.05, 0) is 36.4 Å². The summed E-state index contributed by atoms with van der Waals surface area (Å²) in [4.78, 5) is 14.6. The Kier molecular flexibility index (Phi) is 4.01. The quantitative estimate of drug-likeness (QED) is 0.740. The van der Waals surface area contributed by atoms with Gasteiger partial charge < -0.3 is 4.98 Å². The van der Waals surface area contributed by atoms with Crippen LogP contribution in [0.3, 0.4) is 0 Å². The molecule has 1 heterocycles. The number of H-pyrrole nitrogens is 1. The van der Waals surface area contributed by atoms with Crippen LogP contribution in [0.15, 0.2) is 58.2 Å². The van der Waals surface area contributed by atoms with Crippen LogP contribution in [-0.4, -0.2) is 24.5 Å². The Bertz CT molecular complexity index is 991. The molecular formula is C15H14FN3O3S. The number of rotatable bonds is 5. The van der Waals surface area contributed by atoms with Gasteiger partial charge in [-0.25, -0.2) is 22.3 Å². The van der Waals surface area contributed by atoms with E-state index in [1.165, 1.54) is 16.7 Å². The molecule has 2 N–H and O–H groups in total. The molecule has 0 aliphatic carbocycles. The first-order chi connectivity index (χ1) is 11.0. The van der Waals surface area contributed by atoms with Crippen molar-refractivity contribution in [1.29, 1.82) is 0 Å². The lowest BCUT2D eigenvalue weighted by atomic mass is 10.3. The molecule has 23 heavy (non-hydrogen) atoms. The molecule has 0 saturated heterocycles. The predicted molar refractivity (Wildman–Crippen MR) is 84.1 cm³/mol. The van der Waals surface area contributed by atoms with Crippen LogP contribution in [0.5, 0.6) is 0 Å². The number of aromatic amines is 1. The summed E-state index contributed by atoms with van der Waals surface area (Å²) >= 11 is 0. The minimum Gasteiger partial charge on any atom is -0.306 e. The molecule has 0 radical (unpaired) electrons. The molecule has 3 rings (SSSR count). The van der Waals surface area contributed by atoms with E-state index in [0.29, 0.717) is 11.0 Å². The molecule has 8 heteroatoms. The summed E-state index contributed by atoms with van der Waals surface area (Å²) in [6.45, 7) is 0.227. The smallest absolute Gasteiger partial charge is 0.306 e. The zero-order chi connectivity index (χ0) is 16.4. The maximum Gasteiger partial charge on any atom is 0.326 e. The number of nitrogens with one attached hydrogen (secondary N) is 2. The number of para-hydroxylation sites is 2. The van der Waals surface area contributed by atoms with Gasteiger partial charge in [0.2, 0.25) is 10.0 Å². The fraction of sp³-hybridized carbons (Fsp3) is 0.133. The van der Waals surface area contributed by atoms with Crippen LogP contribution < -0.4 is 10.4 Å². The number of hydrogen-bond acceptors (Lipinski definition) is 3. The highest BCUT2D eigenvalue weighted by Crippen LogP contribution is 2.10. The van der Waals surface area contributed by atoms with E-state index < -0.39 is 15.8 Å². The van der Waals surface area contributed by atoms with Crippen LogP contribution in [0, 0.1) is 5.82 Å². The van der Waals surface area contributed by atoms with Gasteiger partial charge >= 0.3 is 5.69 Å². The average molecular weight is 335 g/mol. The molecule has 0 amide bonds. The number of imidazole rings is 1. The Hall–Kier alpha value is -2.45. The maximum atomic E-state index is 12.8. The first-order valence-electron chi connectivity index (χ1n) is 6.90. The number of fused-ring (bicyclic) bond motifs is 1. The second kappa shape index (κ2) is 5.98. The third kappa shape index (κ3) is 3.17. The molecule has 2 aromatic carbocycles. The second-order valence-corrected chi connectivity index (χ2v) is 6.72. The van der Waals surface area contributed by atoms with Crippen molar-refractivity contribution < 1.29 is 12.8 Å². The van der Waals surface area contributed by atoms with Gasteiger partial charge in [0.25, 0.3) is 0 Å². The van der Waals surface area contributed by atoms with Crippen LogP contribution in [-0.2, 0) is 16.6 Å². The first-order valence-corrected chi connectivity index (χ1v) is 8.38. The summed E-state index contributed by atoms with van der Waals surface area (Å²) in [7, 11) is -3.74. The SMILES string of the molecule is O=c1[nH]c2ccccc2n1CCNS(=O)(=O)c1ccc(F)cc1. The lowest BCUT2D eigenvalue weighted by molar-refractivity contribution is 0.572. The molecule has 0 saturated carbocycles. The average Bonchev–Trinajstić information content (AvgIpc) is 2.84. The number of benzene rings is 2. The maximum absolute atomic E-state index is 12.8. The second-order valence-electron chi connectivity index (χ2n) is 4.95. The van der Waals surface area contributed by atoms with Crippen molar-refractivity contribution in [3.63, 3.8) is 0 Å².